The van der Waals surface area contributed by atoms with E-state index in [0.29, 0.717) is 0 Å². The molecule has 48 heavy (non-hydrogen) atoms. The van der Waals surface area contributed by atoms with Crippen molar-refractivity contribution in [3.8, 4) is 0 Å². The lowest BCUT2D eigenvalue weighted by molar-refractivity contribution is -0.665. The zero-order valence-electron chi connectivity index (χ0n) is 28.2. The van der Waals surface area contributed by atoms with Crippen LogP contribution < -0.4 is 18.9 Å². The molecule has 0 saturated heterocycles. The van der Waals surface area contributed by atoms with Gasteiger partial charge >= 0.3 is 0 Å². The van der Waals surface area contributed by atoms with Gasteiger partial charge in [0.2, 0.25) is 11.0 Å². The molecule has 246 valence electrons. The summed E-state index contributed by atoms with van der Waals surface area (Å²) < 4.78 is 7.44. The van der Waals surface area contributed by atoms with E-state index in [4.69, 9.17) is 0 Å². The van der Waals surface area contributed by atoms with Gasteiger partial charge in [0.15, 0.2) is 0 Å². The highest BCUT2D eigenvalue weighted by molar-refractivity contribution is 8.76. The monoisotopic (exact) mass is 708 g/mol. The van der Waals surface area contributed by atoms with Crippen molar-refractivity contribution >= 4 is 100 Å². The number of rotatable bonds is 15. The first kappa shape index (κ1) is 34.3. The van der Waals surface area contributed by atoms with Gasteiger partial charge in [0.05, 0.1) is 0 Å². The lowest BCUT2D eigenvalue weighted by atomic mass is 10.2. The third-order valence-electron chi connectivity index (χ3n) is 8.51. The number of aryl methyl sites for hydroxylation is 2. The lowest BCUT2D eigenvalue weighted by Crippen LogP contribution is -2.33. The summed E-state index contributed by atoms with van der Waals surface area (Å²) >= 11 is 3.70. The summed E-state index contributed by atoms with van der Waals surface area (Å²) in [5, 5.41) is 2.57. The maximum absolute atomic E-state index is 2.39. The molecule has 0 amide bonds. The maximum atomic E-state index is 2.39. The van der Waals surface area contributed by atoms with E-state index in [-0.39, 0.29) is 0 Å². The van der Waals surface area contributed by atoms with E-state index in [9.17, 15) is 0 Å². The van der Waals surface area contributed by atoms with E-state index >= 15 is 0 Å². The van der Waals surface area contributed by atoms with Crippen LogP contribution in [-0.4, -0.2) is 38.7 Å². The second-order valence-corrected chi connectivity index (χ2v) is 16.5. The van der Waals surface area contributed by atoms with Crippen LogP contribution in [0.3, 0.4) is 0 Å². The zero-order valence-corrected chi connectivity index (χ0v) is 31.5. The largest absolute Gasteiger partial charge is 0.374 e. The highest BCUT2D eigenvalue weighted by Crippen LogP contribution is 2.26. The fraction of sp³-hybridized carbons (Fsp3) is 0.250. The van der Waals surface area contributed by atoms with Crippen molar-refractivity contribution in [3.05, 3.63) is 118 Å². The van der Waals surface area contributed by atoms with Crippen molar-refractivity contribution in [2.45, 2.75) is 26.9 Å². The number of anilines is 2. The molecule has 0 unspecified atom stereocenters. The molecule has 0 fully saturated rings. The second-order valence-electron chi connectivity index (χ2n) is 11.6. The molecule has 2 aromatic heterocycles. The fourth-order valence-corrected chi connectivity index (χ4v) is 10.1. The van der Waals surface area contributed by atoms with Gasteiger partial charge in [-0.15, -0.1) is 0 Å². The van der Waals surface area contributed by atoms with Crippen LogP contribution in [0.15, 0.2) is 97.1 Å². The van der Waals surface area contributed by atoms with Crippen molar-refractivity contribution in [2.24, 2.45) is 0 Å². The molecule has 0 radical (unpaired) electrons. The SMILES string of the molecule is CC[n+]1c(/C=C/c2ccc(N(C)CCSSCCN(C)c3ccc(/C=C/c4sc5ccccc5[n+]4CC)cc3)cc2)sc2ccccc21. The Bertz CT molecular complexity index is 1840. The number of benzene rings is 4. The predicted molar refractivity (Wildman–Crippen MR) is 218 cm³/mol. The van der Waals surface area contributed by atoms with Crippen LogP contribution in [0.25, 0.3) is 44.7 Å². The van der Waals surface area contributed by atoms with Gasteiger partial charge in [-0.1, -0.05) is 92.8 Å². The van der Waals surface area contributed by atoms with Crippen LogP contribution in [0, 0.1) is 0 Å². The van der Waals surface area contributed by atoms with Gasteiger partial charge in [-0.3, -0.25) is 0 Å². The molecule has 0 aliphatic carbocycles. The van der Waals surface area contributed by atoms with Crippen LogP contribution in [0.4, 0.5) is 11.4 Å². The minimum Gasteiger partial charge on any atom is -0.374 e. The second kappa shape index (κ2) is 16.7. The molecule has 8 heteroatoms. The number of hydrogen-bond acceptors (Lipinski definition) is 6. The van der Waals surface area contributed by atoms with E-state index in [1.807, 2.05) is 44.3 Å². The van der Waals surface area contributed by atoms with Gasteiger partial charge in [0.1, 0.15) is 22.5 Å². The highest BCUT2D eigenvalue weighted by atomic mass is 33.1. The van der Waals surface area contributed by atoms with E-state index in [1.165, 1.54) is 53.0 Å². The predicted octanol–water partition coefficient (Wildman–Crippen LogP) is 10.0. The zero-order chi connectivity index (χ0) is 33.3. The Morgan fingerprint density at radius 1 is 0.542 bits per heavy atom. The fourth-order valence-electron chi connectivity index (χ4n) is 5.75. The summed E-state index contributed by atoms with van der Waals surface area (Å²) in [6, 6.07) is 35.1. The van der Waals surface area contributed by atoms with Crippen LogP contribution in [-0.2, 0) is 13.1 Å². The minimum absolute atomic E-state index is 0.973. The van der Waals surface area contributed by atoms with Crippen LogP contribution >= 0.6 is 44.3 Å². The molecule has 0 bridgehead atoms. The summed E-state index contributed by atoms with van der Waals surface area (Å²) in [6.45, 7) is 8.42. The Morgan fingerprint density at radius 3 is 1.33 bits per heavy atom. The Hall–Kier alpha value is -3.56. The van der Waals surface area contributed by atoms with Crippen molar-refractivity contribution in [1.82, 2.24) is 0 Å². The van der Waals surface area contributed by atoms with Gasteiger partial charge < -0.3 is 9.80 Å². The van der Waals surface area contributed by atoms with E-state index < -0.39 is 0 Å². The van der Waals surface area contributed by atoms with Crippen LogP contribution in [0.1, 0.15) is 35.0 Å². The maximum Gasteiger partial charge on any atom is 0.262 e. The lowest BCUT2D eigenvalue weighted by Gasteiger charge is -2.20. The minimum atomic E-state index is 0.973. The molecule has 0 aliphatic rings. The van der Waals surface area contributed by atoms with Crippen LogP contribution in [0.2, 0.25) is 0 Å². The first-order valence-electron chi connectivity index (χ1n) is 16.6. The molecule has 0 N–H and O–H groups in total. The Kier molecular flexibility index (Phi) is 11.9. The summed E-state index contributed by atoms with van der Waals surface area (Å²) in [6.07, 6.45) is 8.95. The van der Waals surface area contributed by atoms with Gasteiger partial charge in [0, 0.05) is 74.4 Å². The molecular formula is C40H44N4S4+2. The molecule has 6 rings (SSSR count). The van der Waals surface area contributed by atoms with Crippen molar-refractivity contribution in [2.75, 3.05) is 48.5 Å². The molecule has 0 saturated carbocycles. The molecule has 0 spiro atoms. The standard InChI is InChI=1S/C40H44N4S4/c1-5-43-35-11-7-9-13-37(35)47-39(43)25-19-31-15-21-33(22-16-31)41(3)27-29-45-46-30-28-42(4)34-23-17-32(18-24-34)20-26-40-44(6-2)36-12-8-10-14-38(36)48-40/h7-26H,5-6,27-30H2,1-4H3/q+2. The quantitative estimate of drug-likeness (QED) is 0.0599. The molecule has 4 nitrogen and oxygen atoms in total. The average molecular weight is 709 g/mol. The number of thiazole rings is 2. The summed E-state index contributed by atoms with van der Waals surface area (Å²) in [7, 11) is 8.31. The summed E-state index contributed by atoms with van der Waals surface area (Å²) in [5.41, 5.74) is 7.59. The molecule has 2 heterocycles. The first-order chi connectivity index (χ1) is 23.5. The molecule has 0 aliphatic heterocycles. The Balaban J connectivity index is 0.909. The van der Waals surface area contributed by atoms with Crippen molar-refractivity contribution in [1.29, 1.82) is 0 Å². The normalized spacial score (nSPS) is 11.8. The Morgan fingerprint density at radius 2 is 0.938 bits per heavy atom. The van der Waals surface area contributed by atoms with Crippen molar-refractivity contribution in [3.63, 3.8) is 0 Å². The van der Waals surface area contributed by atoms with Crippen LogP contribution in [0.5, 0.6) is 0 Å². The molecular weight excluding hydrogens is 665 g/mol. The third-order valence-corrected chi connectivity index (χ3v) is 13.1. The Labute approximate surface area is 301 Å². The number of aromatic nitrogens is 2. The van der Waals surface area contributed by atoms with E-state index in [2.05, 4.69) is 168 Å². The highest BCUT2D eigenvalue weighted by Gasteiger charge is 2.17. The number of hydrogen-bond donors (Lipinski definition) is 0. The summed E-state index contributed by atoms with van der Waals surface area (Å²) in [5.74, 6) is 2.18. The number of para-hydroxylation sites is 2. The first-order valence-corrected chi connectivity index (χ1v) is 20.7. The van der Waals surface area contributed by atoms with Crippen molar-refractivity contribution < 1.29 is 9.13 Å². The molecule has 6 aromatic rings. The van der Waals surface area contributed by atoms with Gasteiger partial charge in [0.25, 0.3) is 10.0 Å². The number of fused-ring (bicyclic) bond motifs is 2. The van der Waals surface area contributed by atoms with E-state index in [0.717, 1.165) is 37.7 Å². The van der Waals surface area contributed by atoms with Gasteiger partial charge in [-0.05, 0) is 73.5 Å². The molecule has 0 atom stereocenters. The third kappa shape index (κ3) is 8.35. The number of nitrogens with zero attached hydrogens (tertiary/aromatic N) is 4. The topological polar surface area (TPSA) is 14.2 Å². The average Bonchev–Trinajstić information content (AvgIpc) is 3.68. The summed E-state index contributed by atoms with van der Waals surface area (Å²) in [4.78, 5) is 4.70. The van der Waals surface area contributed by atoms with E-state index in [1.54, 1.807) is 0 Å². The van der Waals surface area contributed by atoms with Gasteiger partial charge in [-0.25, -0.2) is 0 Å². The van der Waals surface area contributed by atoms with Gasteiger partial charge in [-0.2, -0.15) is 9.13 Å². The smallest absolute Gasteiger partial charge is 0.262 e. The molecule has 4 aromatic carbocycles.